The molecule has 0 rings (SSSR count). The highest BCUT2D eigenvalue weighted by Crippen LogP contribution is 2.15. The summed E-state index contributed by atoms with van der Waals surface area (Å²) >= 11 is 0. The molecule has 6 heteroatoms. The zero-order chi connectivity index (χ0) is 51.4. The van der Waals surface area contributed by atoms with Gasteiger partial charge >= 0.3 is 17.9 Å². The first-order valence-electron chi connectivity index (χ1n) is 29.4. The van der Waals surface area contributed by atoms with E-state index in [0.717, 1.165) is 109 Å². The topological polar surface area (TPSA) is 78.9 Å². The molecule has 0 aliphatic rings. The number of carbonyl (C=O) groups excluding carboxylic acids is 3. The molecule has 0 heterocycles. The minimum Gasteiger partial charge on any atom is -0.462 e. The highest BCUT2D eigenvalue weighted by Gasteiger charge is 2.19. The lowest BCUT2D eigenvalue weighted by atomic mass is 10.0. The van der Waals surface area contributed by atoms with Gasteiger partial charge in [0.1, 0.15) is 13.2 Å². The number of hydrogen-bond donors (Lipinski definition) is 0. The van der Waals surface area contributed by atoms with Crippen molar-refractivity contribution in [1.29, 1.82) is 0 Å². The molecule has 71 heavy (non-hydrogen) atoms. The van der Waals surface area contributed by atoms with Crippen LogP contribution < -0.4 is 0 Å². The Labute approximate surface area is 438 Å². The molecular weight excluding hydrogens is 877 g/mol. The van der Waals surface area contributed by atoms with E-state index >= 15 is 0 Å². The average Bonchev–Trinajstić information content (AvgIpc) is 3.37. The lowest BCUT2D eigenvalue weighted by molar-refractivity contribution is -0.166. The molecule has 6 nitrogen and oxygen atoms in total. The van der Waals surface area contributed by atoms with Crippen LogP contribution in [-0.2, 0) is 28.6 Å². The molecule has 0 aromatic heterocycles. The van der Waals surface area contributed by atoms with Crippen molar-refractivity contribution < 1.29 is 28.6 Å². The largest absolute Gasteiger partial charge is 0.462 e. The van der Waals surface area contributed by atoms with Crippen molar-refractivity contribution >= 4 is 17.9 Å². The Balaban J connectivity index is 4.30. The van der Waals surface area contributed by atoms with Crippen LogP contribution in [0.25, 0.3) is 0 Å². The highest BCUT2D eigenvalue weighted by molar-refractivity contribution is 5.71. The first kappa shape index (κ1) is 67.1. The van der Waals surface area contributed by atoms with Crippen molar-refractivity contribution in [2.24, 2.45) is 0 Å². The van der Waals surface area contributed by atoms with Crippen LogP contribution in [-0.4, -0.2) is 37.2 Å². The van der Waals surface area contributed by atoms with Crippen molar-refractivity contribution in [3.8, 4) is 0 Å². The van der Waals surface area contributed by atoms with Gasteiger partial charge < -0.3 is 14.2 Å². The Morgan fingerprint density at radius 1 is 0.296 bits per heavy atom. The van der Waals surface area contributed by atoms with E-state index in [-0.39, 0.29) is 31.6 Å². The Bertz CT molecular complexity index is 1460. The summed E-state index contributed by atoms with van der Waals surface area (Å²) in [4.78, 5) is 38.1. The number of esters is 3. The number of rotatable bonds is 52. The van der Waals surface area contributed by atoms with Crippen molar-refractivity contribution in [1.82, 2.24) is 0 Å². The number of ether oxygens (including phenoxy) is 3. The summed E-state index contributed by atoms with van der Waals surface area (Å²) in [5, 5.41) is 0. The van der Waals surface area contributed by atoms with Gasteiger partial charge in [0.25, 0.3) is 0 Å². The van der Waals surface area contributed by atoms with E-state index in [0.29, 0.717) is 19.3 Å². The molecule has 0 fully saturated rings. The lowest BCUT2D eigenvalue weighted by Crippen LogP contribution is -2.30. The fourth-order valence-electron chi connectivity index (χ4n) is 7.85. The smallest absolute Gasteiger partial charge is 0.306 e. The third kappa shape index (κ3) is 56.9. The Morgan fingerprint density at radius 2 is 0.606 bits per heavy atom. The number of hydrogen-bond acceptors (Lipinski definition) is 6. The lowest BCUT2D eigenvalue weighted by Gasteiger charge is -2.18. The van der Waals surface area contributed by atoms with Gasteiger partial charge in [0.05, 0.1) is 0 Å². The van der Waals surface area contributed by atoms with Gasteiger partial charge in [-0.2, -0.15) is 0 Å². The molecule has 0 N–H and O–H groups in total. The van der Waals surface area contributed by atoms with Gasteiger partial charge in [-0.3, -0.25) is 14.4 Å². The summed E-state index contributed by atoms with van der Waals surface area (Å²) in [6.45, 7) is 6.37. The molecule has 1 atom stereocenters. The van der Waals surface area contributed by atoms with E-state index in [1.54, 1.807) is 0 Å². The number of carbonyl (C=O) groups is 3. The highest BCUT2D eigenvalue weighted by atomic mass is 16.6. The summed E-state index contributed by atoms with van der Waals surface area (Å²) in [5.41, 5.74) is 0. The minimum atomic E-state index is -0.824. The monoisotopic (exact) mass is 985 g/mol. The summed E-state index contributed by atoms with van der Waals surface area (Å²) in [6, 6.07) is 0. The zero-order valence-electron chi connectivity index (χ0n) is 46.2. The number of unbranched alkanes of at least 4 members (excludes halogenated alkanes) is 23. The van der Waals surface area contributed by atoms with E-state index in [2.05, 4.69) is 118 Å². The van der Waals surface area contributed by atoms with Crippen LogP contribution in [0, 0.1) is 0 Å². The maximum atomic E-state index is 12.8. The van der Waals surface area contributed by atoms with Crippen molar-refractivity contribution in [2.45, 2.75) is 271 Å². The third-order valence-electron chi connectivity index (χ3n) is 12.2. The second kappa shape index (κ2) is 58.6. The minimum absolute atomic E-state index is 0.113. The Kier molecular flexibility index (Phi) is 55.4. The second-order valence-corrected chi connectivity index (χ2v) is 19.2. The van der Waals surface area contributed by atoms with Gasteiger partial charge in [-0.1, -0.05) is 246 Å². The van der Waals surface area contributed by atoms with E-state index in [4.69, 9.17) is 14.2 Å². The van der Waals surface area contributed by atoms with E-state index < -0.39 is 12.1 Å². The van der Waals surface area contributed by atoms with E-state index in [1.165, 1.54) is 109 Å². The standard InChI is InChI=1S/C65H108O6/c1-4-7-10-13-16-19-22-25-26-27-28-29-30-31-32-33-34-35-36-37-38-41-43-46-49-52-55-58-64(67)70-61-62(71-65(68)59-56-53-50-47-44-40-24-21-18-15-12-9-6-3)60-69-63(66)57-54-51-48-45-42-39-23-20-17-14-11-8-5-2/h9,11-12,14,18,20-23,25,27-28,30-31,40,44,50,53,62H,4-8,10,13,15-17,19,24,26,29,32-39,41-43,45-49,51-52,54-61H2,1-3H3/b12-9-,14-11-,21-18-,23-20-,25-22-,28-27-,31-30-,44-40-,53-50-. The van der Waals surface area contributed by atoms with E-state index in [9.17, 15) is 14.4 Å². The van der Waals surface area contributed by atoms with Gasteiger partial charge in [-0.15, -0.1) is 0 Å². The SMILES string of the molecule is CC/C=C\C/C=C\C/C=C\C/C=C\CCC(=O)OC(COC(=O)CCCCCCC/C=C\C/C=C\CCC)COC(=O)CCCCCCCCCCCCCC/C=C\C/C=C\C/C=C\CCCCCCC. The van der Waals surface area contributed by atoms with Gasteiger partial charge in [-0.05, 0) is 109 Å². The molecule has 1 unspecified atom stereocenters. The van der Waals surface area contributed by atoms with Crippen LogP contribution >= 0.6 is 0 Å². The molecule has 0 amide bonds. The second-order valence-electron chi connectivity index (χ2n) is 19.2. The zero-order valence-corrected chi connectivity index (χ0v) is 46.2. The van der Waals surface area contributed by atoms with Gasteiger partial charge in [0, 0.05) is 19.3 Å². The maximum Gasteiger partial charge on any atom is 0.306 e. The molecule has 0 aromatic rings. The van der Waals surface area contributed by atoms with Crippen LogP contribution in [0.5, 0.6) is 0 Å². The molecule has 0 bridgehead atoms. The predicted octanol–water partition coefficient (Wildman–Crippen LogP) is 19.9. The first-order chi connectivity index (χ1) is 35.0. The molecule has 0 saturated carbocycles. The first-order valence-corrected chi connectivity index (χ1v) is 29.4. The fraction of sp³-hybridized carbons (Fsp3) is 0.677. The summed E-state index contributed by atoms with van der Waals surface area (Å²) in [5.74, 6) is -1.01. The van der Waals surface area contributed by atoms with Crippen molar-refractivity contribution in [3.63, 3.8) is 0 Å². The predicted molar refractivity (Wildman–Crippen MR) is 307 cm³/mol. The van der Waals surface area contributed by atoms with Gasteiger partial charge in [0.15, 0.2) is 6.10 Å². The van der Waals surface area contributed by atoms with Gasteiger partial charge in [-0.25, -0.2) is 0 Å². The molecule has 0 aromatic carbocycles. The normalized spacial score (nSPS) is 12.9. The molecule has 0 spiro atoms. The van der Waals surface area contributed by atoms with Crippen LogP contribution in [0.3, 0.4) is 0 Å². The molecule has 0 saturated heterocycles. The molecule has 0 aliphatic carbocycles. The summed E-state index contributed by atoms with van der Waals surface area (Å²) in [7, 11) is 0. The Morgan fingerprint density at radius 3 is 0.972 bits per heavy atom. The van der Waals surface area contributed by atoms with Crippen LogP contribution in [0.4, 0.5) is 0 Å². The van der Waals surface area contributed by atoms with Gasteiger partial charge in [0.2, 0.25) is 0 Å². The fourth-order valence-corrected chi connectivity index (χ4v) is 7.85. The van der Waals surface area contributed by atoms with Crippen LogP contribution in [0.1, 0.15) is 265 Å². The molecular formula is C65H108O6. The molecule has 0 radical (unpaired) electrons. The summed E-state index contributed by atoms with van der Waals surface area (Å²) < 4.78 is 16.8. The quantitative estimate of drug-likeness (QED) is 0.0261. The molecule has 404 valence electrons. The average molecular weight is 986 g/mol. The van der Waals surface area contributed by atoms with Crippen molar-refractivity contribution in [3.05, 3.63) is 109 Å². The van der Waals surface area contributed by atoms with Crippen LogP contribution in [0.2, 0.25) is 0 Å². The van der Waals surface area contributed by atoms with Crippen molar-refractivity contribution in [2.75, 3.05) is 13.2 Å². The number of allylic oxidation sites excluding steroid dienone is 18. The summed E-state index contributed by atoms with van der Waals surface area (Å²) in [6.07, 6.45) is 79.7. The third-order valence-corrected chi connectivity index (χ3v) is 12.2. The van der Waals surface area contributed by atoms with E-state index in [1.807, 2.05) is 12.2 Å². The van der Waals surface area contributed by atoms with Crippen LogP contribution in [0.15, 0.2) is 109 Å². The maximum absolute atomic E-state index is 12.8. The Hall–Kier alpha value is -3.93. The molecule has 0 aliphatic heterocycles.